The van der Waals surface area contributed by atoms with Crippen LogP contribution in [0.3, 0.4) is 0 Å². The molecule has 96 valence electrons. The van der Waals surface area contributed by atoms with Gasteiger partial charge in [0, 0.05) is 6.42 Å². The minimum absolute atomic E-state index is 0.142. The van der Waals surface area contributed by atoms with E-state index in [0.717, 1.165) is 37.9 Å². The average molecular weight is 244 g/mol. The van der Waals surface area contributed by atoms with Crippen LogP contribution in [0.5, 0.6) is 0 Å². The normalized spacial score (nSPS) is 24.7. The quantitative estimate of drug-likeness (QED) is 0.886. The number of hydrogen-bond acceptors (Lipinski definition) is 3. The topological polar surface area (TPSA) is 33.6 Å². The molecule has 18 heavy (non-hydrogen) atoms. The predicted octanol–water partition coefficient (Wildman–Crippen LogP) is 2.55. The van der Waals surface area contributed by atoms with Crippen LogP contribution in [0, 0.1) is 5.92 Å². The second-order valence-electron chi connectivity index (χ2n) is 5.15. The van der Waals surface area contributed by atoms with Crippen LogP contribution in [-0.2, 0) is 4.74 Å². The summed E-state index contributed by atoms with van der Waals surface area (Å²) in [5, 5.41) is 3.39. The number of rotatable bonds is 3. The third-order valence-corrected chi connectivity index (χ3v) is 3.81. The van der Waals surface area contributed by atoms with E-state index in [1.807, 2.05) is 6.07 Å². The van der Waals surface area contributed by atoms with Crippen LogP contribution in [0.25, 0.3) is 0 Å². The molecule has 3 nitrogen and oxygen atoms in total. The molecule has 0 aromatic heterocycles. The van der Waals surface area contributed by atoms with Crippen LogP contribution in [-0.4, -0.2) is 25.5 Å². The SMILES string of the molecule is c1ccc(C2CN=C(CC3CCNCC3)O2)cc1. The monoisotopic (exact) mass is 244 g/mol. The molecule has 0 spiro atoms. The van der Waals surface area contributed by atoms with Crippen LogP contribution in [0.15, 0.2) is 35.3 Å². The van der Waals surface area contributed by atoms with Crippen LogP contribution >= 0.6 is 0 Å². The molecule has 1 aromatic rings. The number of benzene rings is 1. The van der Waals surface area contributed by atoms with E-state index >= 15 is 0 Å². The van der Waals surface area contributed by atoms with Crippen molar-refractivity contribution < 1.29 is 4.74 Å². The zero-order valence-electron chi connectivity index (χ0n) is 10.6. The fourth-order valence-electron chi connectivity index (χ4n) is 2.71. The lowest BCUT2D eigenvalue weighted by molar-refractivity contribution is 0.216. The van der Waals surface area contributed by atoms with E-state index in [1.165, 1.54) is 18.4 Å². The number of nitrogens with zero attached hydrogens (tertiary/aromatic N) is 1. The molecule has 1 fully saturated rings. The zero-order valence-corrected chi connectivity index (χ0v) is 10.6. The van der Waals surface area contributed by atoms with E-state index in [9.17, 15) is 0 Å². The maximum Gasteiger partial charge on any atom is 0.184 e. The molecule has 0 aliphatic carbocycles. The summed E-state index contributed by atoms with van der Waals surface area (Å²) in [6.07, 6.45) is 3.66. The van der Waals surface area contributed by atoms with Crippen molar-refractivity contribution in [2.45, 2.75) is 25.4 Å². The molecule has 1 N–H and O–H groups in total. The summed E-state index contributed by atoms with van der Waals surface area (Å²) in [5.41, 5.74) is 1.24. The molecule has 1 atom stereocenters. The molecule has 0 amide bonds. The Morgan fingerprint density at radius 1 is 1.17 bits per heavy atom. The number of nitrogens with one attached hydrogen (secondary N) is 1. The van der Waals surface area contributed by atoms with E-state index in [1.54, 1.807) is 0 Å². The van der Waals surface area contributed by atoms with Crippen molar-refractivity contribution >= 4 is 5.90 Å². The van der Waals surface area contributed by atoms with Crippen molar-refractivity contribution in [2.24, 2.45) is 10.9 Å². The largest absolute Gasteiger partial charge is 0.471 e. The summed E-state index contributed by atoms with van der Waals surface area (Å²) in [6, 6.07) is 10.4. The summed E-state index contributed by atoms with van der Waals surface area (Å²) >= 11 is 0. The van der Waals surface area contributed by atoms with Crippen LogP contribution in [0.2, 0.25) is 0 Å². The standard InChI is InChI=1S/C15H20N2O/c1-2-4-13(5-3-1)14-11-17-15(18-14)10-12-6-8-16-9-7-12/h1-5,12,14,16H,6-11H2. The van der Waals surface area contributed by atoms with Gasteiger partial charge < -0.3 is 10.1 Å². The minimum atomic E-state index is 0.142. The average Bonchev–Trinajstić information content (AvgIpc) is 2.89. The minimum Gasteiger partial charge on any atom is -0.471 e. The van der Waals surface area contributed by atoms with Gasteiger partial charge in [0.15, 0.2) is 5.90 Å². The molecule has 1 unspecified atom stereocenters. The van der Waals surface area contributed by atoms with Gasteiger partial charge in [-0.1, -0.05) is 30.3 Å². The fourth-order valence-corrected chi connectivity index (χ4v) is 2.71. The third kappa shape index (κ3) is 2.72. The Labute approximate surface area is 108 Å². The summed E-state index contributed by atoms with van der Waals surface area (Å²) in [6.45, 7) is 3.06. The highest BCUT2D eigenvalue weighted by Gasteiger charge is 2.24. The molecular formula is C15H20N2O. The number of aliphatic imine (C=N–C) groups is 1. The number of ether oxygens (including phenoxy) is 1. The highest BCUT2D eigenvalue weighted by atomic mass is 16.5. The zero-order chi connectivity index (χ0) is 12.2. The van der Waals surface area contributed by atoms with Crippen molar-refractivity contribution in [1.29, 1.82) is 0 Å². The van der Waals surface area contributed by atoms with Crippen LogP contribution in [0.1, 0.15) is 30.9 Å². The van der Waals surface area contributed by atoms with Gasteiger partial charge in [-0.2, -0.15) is 0 Å². The third-order valence-electron chi connectivity index (χ3n) is 3.81. The molecule has 2 heterocycles. The van der Waals surface area contributed by atoms with Crippen LogP contribution < -0.4 is 5.32 Å². The maximum atomic E-state index is 5.98. The molecule has 2 aliphatic heterocycles. The Kier molecular flexibility index (Phi) is 3.60. The van der Waals surface area contributed by atoms with Crippen molar-refractivity contribution in [1.82, 2.24) is 5.32 Å². The Morgan fingerprint density at radius 3 is 2.72 bits per heavy atom. The molecule has 2 aliphatic rings. The van der Waals surface area contributed by atoms with Gasteiger partial charge in [-0.05, 0) is 37.4 Å². The Bertz CT molecular complexity index is 410. The van der Waals surface area contributed by atoms with E-state index in [4.69, 9.17) is 4.74 Å². The van der Waals surface area contributed by atoms with Gasteiger partial charge in [0.05, 0.1) is 6.54 Å². The van der Waals surface area contributed by atoms with Crippen LogP contribution in [0.4, 0.5) is 0 Å². The highest BCUT2D eigenvalue weighted by molar-refractivity contribution is 5.78. The van der Waals surface area contributed by atoms with E-state index < -0.39 is 0 Å². The first-order valence-electron chi connectivity index (χ1n) is 6.87. The summed E-state index contributed by atoms with van der Waals surface area (Å²) < 4.78 is 5.98. The van der Waals surface area contributed by atoms with Gasteiger partial charge in [-0.15, -0.1) is 0 Å². The fraction of sp³-hybridized carbons (Fsp3) is 0.533. The van der Waals surface area contributed by atoms with E-state index in [-0.39, 0.29) is 6.10 Å². The number of hydrogen-bond donors (Lipinski definition) is 1. The second kappa shape index (κ2) is 5.53. The summed E-state index contributed by atoms with van der Waals surface area (Å²) in [5.74, 6) is 1.72. The molecule has 0 saturated carbocycles. The van der Waals surface area contributed by atoms with Gasteiger partial charge >= 0.3 is 0 Å². The first kappa shape index (κ1) is 11.7. The summed E-state index contributed by atoms with van der Waals surface area (Å²) in [4.78, 5) is 4.56. The van der Waals surface area contributed by atoms with Gasteiger partial charge in [0.25, 0.3) is 0 Å². The van der Waals surface area contributed by atoms with Gasteiger partial charge in [-0.25, -0.2) is 0 Å². The summed E-state index contributed by atoms with van der Waals surface area (Å²) in [7, 11) is 0. The molecule has 1 aromatic carbocycles. The van der Waals surface area contributed by atoms with Gasteiger partial charge in [0.1, 0.15) is 6.10 Å². The molecular weight excluding hydrogens is 224 g/mol. The first-order chi connectivity index (χ1) is 8.92. The highest BCUT2D eigenvalue weighted by Crippen LogP contribution is 2.26. The van der Waals surface area contributed by atoms with Crippen molar-refractivity contribution in [3.63, 3.8) is 0 Å². The molecule has 1 saturated heterocycles. The lowest BCUT2D eigenvalue weighted by Crippen LogP contribution is -2.29. The molecule has 0 bridgehead atoms. The predicted molar refractivity (Wildman–Crippen MR) is 72.8 cm³/mol. The van der Waals surface area contributed by atoms with Crippen molar-refractivity contribution in [3.05, 3.63) is 35.9 Å². The first-order valence-corrected chi connectivity index (χ1v) is 6.87. The Morgan fingerprint density at radius 2 is 1.94 bits per heavy atom. The van der Waals surface area contributed by atoms with E-state index in [2.05, 4.69) is 34.6 Å². The smallest absolute Gasteiger partial charge is 0.184 e. The molecule has 3 rings (SSSR count). The number of piperidine rings is 1. The lowest BCUT2D eigenvalue weighted by atomic mass is 9.95. The molecule has 0 radical (unpaired) electrons. The Balaban J connectivity index is 1.54. The Hall–Kier alpha value is -1.35. The van der Waals surface area contributed by atoms with Crippen molar-refractivity contribution in [2.75, 3.05) is 19.6 Å². The van der Waals surface area contributed by atoms with Gasteiger partial charge in [0.2, 0.25) is 0 Å². The molecule has 3 heteroatoms. The van der Waals surface area contributed by atoms with Crippen molar-refractivity contribution in [3.8, 4) is 0 Å². The lowest BCUT2D eigenvalue weighted by Gasteiger charge is -2.22. The second-order valence-corrected chi connectivity index (χ2v) is 5.15. The van der Waals surface area contributed by atoms with Gasteiger partial charge in [-0.3, -0.25) is 4.99 Å². The maximum absolute atomic E-state index is 5.98. The van der Waals surface area contributed by atoms with E-state index in [0.29, 0.717) is 0 Å².